The van der Waals surface area contributed by atoms with Gasteiger partial charge in [0.15, 0.2) is 10.8 Å². The number of aliphatic carboxylic acids is 1. The van der Waals surface area contributed by atoms with Gasteiger partial charge in [0.2, 0.25) is 0 Å². The lowest BCUT2D eigenvalue weighted by molar-refractivity contribution is -0.139. The molecule has 0 spiro atoms. The van der Waals surface area contributed by atoms with Crippen LogP contribution in [0.15, 0.2) is 30.6 Å². The van der Waals surface area contributed by atoms with Crippen molar-refractivity contribution in [2.45, 2.75) is 26.3 Å². The van der Waals surface area contributed by atoms with Gasteiger partial charge in [0.25, 0.3) is 5.91 Å². The van der Waals surface area contributed by atoms with Crippen LogP contribution in [0.5, 0.6) is 0 Å². The Kier molecular flexibility index (Phi) is 5.53. The van der Waals surface area contributed by atoms with E-state index in [0.29, 0.717) is 21.4 Å². The van der Waals surface area contributed by atoms with E-state index in [1.807, 2.05) is 0 Å². The fourth-order valence-electron chi connectivity index (χ4n) is 1.83. The first-order valence-electron chi connectivity index (χ1n) is 6.92. The summed E-state index contributed by atoms with van der Waals surface area (Å²) in [5, 5.41) is 12.2. The van der Waals surface area contributed by atoms with E-state index in [4.69, 9.17) is 5.11 Å². The number of amides is 1. The second kappa shape index (κ2) is 7.59. The quantitative estimate of drug-likeness (QED) is 0.785. The average molecular weight is 332 g/mol. The van der Waals surface area contributed by atoms with E-state index in [1.165, 1.54) is 0 Å². The summed E-state index contributed by atoms with van der Waals surface area (Å²) in [5.74, 6) is -1.10. The first-order valence-corrected chi connectivity index (χ1v) is 7.74. The van der Waals surface area contributed by atoms with Gasteiger partial charge in [-0.25, -0.2) is 19.7 Å². The number of carbonyl (C=O) groups is 2. The van der Waals surface area contributed by atoms with Crippen LogP contribution in [-0.2, 0) is 4.79 Å². The number of hydrogen-bond donors (Lipinski definition) is 2. The van der Waals surface area contributed by atoms with Gasteiger partial charge in [-0.15, -0.1) is 11.3 Å². The highest BCUT2D eigenvalue weighted by atomic mass is 32.1. The molecule has 2 aromatic heterocycles. The molecule has 0 bridgehead atoms. The fourth-order valence-corrected chi connectivity index (χ4v) is 2.75. The molecule has 2 heterocycles. The van der Waals surface area contributed by atoms with Crippen molar-refractivity contribution in [1.82, 2.24) is 20.3 Å². The van der Waals surface area contributed by atoms with Gasteiger partial charge in [-0.3, -0.25) is 4.79 Å². The summed E-state index contributed by atoms with van der Waals surface area (Å²) in [5.41, 5.74) is 0.519. The molecule has 0 aliphatic carbocycles. The summed E-state index contributed by atoms with van der Waals surface area (Å²) in [6.07, 6.45) is 6.85. The molecular formula is C15H16N4O3S. The number of nitrogens with zero attached hydrogens (tertiary/aromatic N) is 3. The standard InChI is InChI=1S/C15H16N4O3S/c1-3-4-6-10(15(21)22)19-13(20)11-9(2)18-14(23-11)12-16-7-5-8-17-12/h3-5,7-8,10H,6H2,1-2H3,(H,19,20)(H,21,22)/b4-3+. The van der Waals surface area contributed by atoms with Gasteiger partial charge in [0.1, 0.15) is 10.9 Å². The predicted molar refractivity (Wildman–Crippen MR) is 86.2 cm³/mol. The smallest absolute Gasteiger partial charge is 0.326 e. The van der Waals surface area contributed by atoms with Gasteiger partial charge in [0, 0.05) is 12.4 Å². The maximum Gasteiger partial charge on any atom is 0.326 e. The second-order valence-corrected chi connectivity index (χ2v) is 5.67. The van der Waals surface area contributed by atoms with Gasteiger partial charge >= 0.3 is 5.97 Å². The van der Waals surface area contributed by atoms with Gasteiger partial charge < -0.3 is 10.4 Å². The number of carboxylic acids is 1. The molecule has 0 saturated carbocycles. The molecule has 0 aliphatic heterocycles. The lowest BCUT2D eigenvalue weighted by Gasteiger charge is -2.11. The van der Waals surface area contributed by atoms with E-state index >= 15 is 0 Å². The lowest BCUT2D eigenvalue weighted by Crippen LogP contribution is -2.40. The Labute approximate surface area is 137 Å². The summed E-state index contributed by atoms with van der Waals surface area (Å²) >= 11 is 1.14. The Balaban J connectivity index is 2.19. The van der Waals surface area contributed by atoms with E-state index in [0.717, 1.165) is 11.3 Å². The number of aryl methyl sites for hydroxylation is 1. The van der Waals surface area contributed by atoms with Crippen LogP contribution in [0.4, 0.5) is 0 Å². The molecule has 0 radical (unpaired) electrons. The van der Waals surface area contributed by atoms with Crippen LogP contribution in [0, 0.1) is 6.92 Å². The van der Waals surface area contributed by atoms with Crippen LogP contribution in [0.2, 0.25) is 0 Å². The Hall–Kier alpha value is -2.61. The topological polar surface area (TPSA) is 105 Å². The number of allylic oxidation sites excluding steroid dienone is 1. The zero-order chi connectivity index (χ0) is 16.8. The van der Waals surface area contributed by atoms with Gasteiger partial charge in [-0.1, -0.05) is 12.2 Å². The molecular weight excluding hydrogens is 316 g/mol. The number of thiazole rings is 1. The molecule has 0 aliphatic rings. The fraction of sp³-hybridized carbons (Fsp3) is 0.267. The van der Waals surface area contributed by atoms with Crippen LogP contribution < -0.4 is 5.32 Å². The zero-order valence-corrected chi connectivity index (χ0v) is 13.5. The third kappa shape index (κ3) is 4.19. The summed E-state index contributed by atoms with van der Waals surface area (Å²) in [4.78, 5) is 36.4. The van der Waals surface area contributed by atoms with E-state index in [9.17, 15) is 9.59 Å². The Morgan fingerprint density at radius 1 is 1.39 bits per heavy atom. The number of aromatic nitrogens is 3. The largest absolute Gasteiger partial charge is 0.480 e. The third-order valence-electron chi connectivity index (χ3n) is 2.97. The number of rotatable bonds is 6. The maximum absolute atomic E-state index is 12.3. The van der Waals surface area contributed by atoms with Crippen molar-refractivity contribution in [2.24, 2.45) is 0 Å². The van der Waals surface area contributed by atoms with E-state index in [-0.39, 0.29) is 6.42 Å². The first kappa shape index (κ1) is 16.8. The molecule has 7 nitrogen and oxygen atoms in total. The molecule has 1 amide bonds. The SMILES string of the molecule is C/C=C/CC(NC(=O)c1sc(-c2ncccn2)nc1C)C(=O)O. The zero-order valence-electron chi connectivity index (χ0n) is 12.7. The average Bonchev–Trinajstić information content (AvgIpc) is 2.94. The van der Waals surface area contributed by atoms with Crippen LogP contribution in [-0.4, -0.2) is 38.0 Å². The number of carboxylic acid groups (broad SMARTS) is 1. The minimum Gasteiger partial charge on any atom is -0.480 e. The molecule has 120 valence electrons. The van der Waals surface area contributed by atoms with Crippen LogP contribution >= 0.6 is 11.3 Å². The van der Waals surface area contributed by atoms with Crippen molar-refractivity contribution in [3.8, 4) is 10.8 Å². The third-order valence-corrected chi connectivity index (χ3v) is 4.12. The predicted octanol–water partition coefficient (Wildman–Crippen LogP) is 2.06. The highest BCUT2D eigenvalue weighted by Crippen LogP contribution is 2.25. The van der Waals surface area contributed by atoms with Crippen LogP contribution in [0.3, 0.4) is 0 Å². The van der Waals surface area contributed by atoms with E-state index in [1.54, 1.807) is 44.5 Å². The van der Waals surface area contributed by atoms with Gasteiger partial charge in [-0.05, 0) is 26.3 Å². The van der Waals surface area contributed by atoms with Crippen molar-refractivity contribution >= 4 is 23.2 Å². The Morgan fingerprint density at radius 3 is 2.70 bits per heavy atom. The molecule has 0 fully saturated rings. The lowest BCUT2D eigenvalue weighted by atomic mass is 10.2. The summed E-state index contributed by atoms with van der Waals surface area (Å²) < 4.78 is 0. The summed E-state index contributed by atoms with van der Waals surface area (Å²) in [6.45, 7) is 3.49. The number of nitrogens with one attached hydrogen (secondary N) is 1. The summed E-state index contributed by atoms with van der Waals surface area (Å²) in [7, 11) is 0. The molecule has 0 aromatic carbocycles. The highest BCUT2D eigenvalue weighted by Gasteiger charge is 2.23. The minimum atomic E-state index is -1.08. The molecule has 23 heavy (non-hydrogen) atoms. The van der Waals surface area contributed by atoms with Crippen molar-refractivity contribution < 1.29 is 14.7 Å². The molecule has 2 N–H and O–H groups in total. The van der Waals surface area contributed by atoms with Gasteiger partial charge in [0.05, 0.1) is 5.69 Å². The van der Waals surface area contributed by atoms with Crippen molar-refractivity contribution in [2.75, 3.05) is 0 Å². The second-order valence-electron chi connectivity index (χ2n) is 4.67. The van der Waals surface area contributed by atoms with Crippen LogP contribution in [0.25, 0.3) is 10.8 Å². The first-order chi connectivity index (χ1) is 11.0. The Morgan fingerprint density at radius 2 is 2.09 bits per heavy atom. The van der Waals surface area contributed by atoms with E-state index < -0.39 is 17.9 Å². The number of hydrogen-bond acceptors (Lipinski definition) is 6. The summed E-state index contributed by atoms with van der Waals surface area (Å²) in [6, 6.07) is 0.715. The van der Waals surface area contributed by atoms with Crippen molar-refractivity contribution in [3.63, 3.8) is 0 Å². The molecule has 1 unspecified atom stereocenters. The number of carbonyl (C=O) groups excluding carboxylic acids is 1. The molecule has 0 saturated heterocycles. The monoisotopic (exact) mass is 332 g/mol. The molecule has 8 heteroatoms. The molecule has 1 atom stereocenters. The normalized spacial score (nSPS) is 12.3. The van der Waals surface area contributed by atoms with E-state index in [2.05, 4.69) is 20.3 Å². The van der Waals surface area contributed by atoms with Crippen molar-refractivity contribution in [3.05, 3.63) is 41.2 Å². The molecule has 2 rings (SSSR count). The van der Waals surface area contributed by atoms with Gasteiger partial charge in [-0.2, -0.15) is 0 Å². The van der Waals surface area contributed by atoms with Crippen molar-refractivity contribution in [1.29, 1.82) is 0 Å². The minimum absolute atomic E-state index is 0.226. The van der Waals surface area contributed by atoms with Crippen LogP contribution in [0.1, 0.15) is 28.7 Å². The molecule has 2 aromatic rings. The Bertz CT molecular complexity index is 728. The highest BCUT2D eigenvalue weighted by molar-refractivity contribution is 7.17. The maximum atomic E-state index is 12.3.